The lowest BCUT2D eigenvalue weighted by atomic mass is 10.1. The second-order valence-corrected chi connectivity index (χ2v) is 7.33. The van der Waals surface area contributed by atoms with E-state index < -0.39 is 6.10 Å². The van der Waals surface area contributed by atoms with E-state index in [0.29, 0.717) is 41.8 Å². The molecule has 2 atom stereocenters. The first-order valence-electron chi connectivity index (χ1n) is 8.42. The van der Waals surface area contributed by atoms with Crippen molar-refractivity contribution < 1.29 is 18.7 Å². The minimum Gasteiger partial charge on any atom is -0.368 e. The summed E-state index contributed by atoms with van der Waals surface area (Å²) >= 11 is 1.27. The van der Waals surface area contributed by atoms with Gasteiger partial charge in [-0.05, 0) is 37.1 Å². The van der Waals surface area contributed by atoms with E-state index in [1.54, 1.807) is 17.0 Å². The number of carbonyl (C=O) groups excluding carboxylic acids is 2. The van der Waals surface area contributed by atoms with Crippen LogP contribution in [0.4, 0.5) is 15.2 Å². The number of ether oxygens (including phenoxy) is 1. The maximum atomic E-state index is 13.1. The highest BCUT2D eigenvalue weighted by Crippen LogP contribution is 2.34. The first kappa shape index (κ1) is 17.0. The largest absolute Gasteiger partial charge is 0.368 e. The molecule has 26 heavy (non-hydrogen) atoms. The highest BCUT2D eigenvalue weighted by Gasteiger charge is 2.34. The van der Waals surface area contributed by atoms with Crippen molar-refractivity contribution in [1.82, 2.24) is 10.2 Å². The summed E-state index contributed by atoms with van der Waals surface area (Å²) in [7, 11) is 0. The number of halogens is 1. The lowest BCUT2D eigenvalue weighted by Crippen LogP contribution is -2.26. The Hall–Kier alpha value is -2.39. The van der Waals surface area contributed by atoms with Gasteiger partial charge < -0.3 is 9.64 Å². The SMILES string of the molecule is O=C(Nc1nnc([C@H]2CC(=O)N(c3ccc(F)cc3)C2)s1)[C@@H]1CCCO1. The molecule has 0 saturated carbocycles. The predicted molar refractivity (Wildman–Crippen MR) is 93.6 cm³/mol. The Bertz CT molecular complexity index is 820. The molecular weight excluding hydrogens is 359 g/mol. The van der Waals surface area contributed by atoms with Crippen LogP contribution >= 0.6 is 11.3 Å². The van der Waals surface area contributed by atoms with Gasteiger partial charge in [0.25, 0.3) is 5.91 Å². The van der Waals surface area contributed by atoms with Crippen LogP contribution in [-0.4, -0.2) is 41.3 Å². The Labute approximate surface area is 153 Å². The van der Waals surface area contributed by atoms with Crippen molar-refractivity contribution in [3.8, 4) is 0 Å². The number of benzene rings is 1. The molecule has 0 radical (unpaired) electrons. The zero-order valence-electron chi connectivity index (χ0n) is 13.9. The molecule has 4 rings (SSSR count). The van der Waals surface area contributed by atoms with Gasteiger partial charge in [0.05, 0.1) is 0 Å². The van der Waals surface area contributed by atoms with Gasteiger partial charge in [-0.1, -0.05) is 11.3 Å². The molecule has 2 aromatic rings. The van der Waals surface area contributed by atoms with Gasteiger partial charge in [0, 0.05) is 31.2 Å². The summed E-state index contributed by atoms with van der Waals surface area (Å²) in [5.74, 6) is -0.687. The zero-order chi connectivity index (χ0) is 18.1. The number of aromatic nitrogens is 2. The third kappa shape index (κ3) is 3.45. The van der Waals surface area contributed by atoms with E-state index in [1.165, 1.54) is 23.5 Å². The topological polar surface area (TPSA) is 84.4 Å². The lowest BCUT2D eigenvalue weighted by Gasteiger charge is -2.16. The molecule has 2 saturated heterocycles. The Morgan fingerprint density at radius 2 is 2.12 bits per heavy atom. The van der Waals surface area contributed by atoms with Crippen LogP contribution in [0.1, 0.15) is 30.2 Å². The molecule has 0 unspecified atom stereocenters. The second kappa shape index (κ2) is 7.08. The van der Waals surface area contributed by atoms with E-state index in [9.17, 15) is 14.0 Å². The van der Waals surface area contributed by atoms with Crippen LogP contribution in [0.3, 0.4) is 0 Å². The first-order chi connectivity index (χ1) is 12.6. The van der Waals surface area contributed by atoms with Crippen molar-refractivity contribution in [2.45, 2.75) is 31.3 Å². The molecule has 0 aliphatic carbocycles. The molecular formula is C17H17FN4O3S. The zero-order valence-corrected chi connectivity index (χ0v) is 14.7. The monoisotopic (exact) mass is 376 g/mol. The van der Waals surface area contributed by atoms with Gasteiger partial charge in [0.2, 0.25) is 11.0 Å². The van der Waals surface area contributed by atoms with Crippen molar-refractivity contribution in [1.29, 1.82) is 0 Å². The average Bonchev–Trinajstić information content (AvgIpc) is 3.36. The van der Waals surface area contributed by atoms with Crippen molar-refractivity contribution in [2.75, 3.05) is 23.4 Å². The Morgan fingerprint density at radius 1 is 1.31 bits per heavy atom. The van der Waals surface area contributed by atoms with Crippen LogP contribution in [0.15, 0.2) is 24.3 Å². The summed E-state index contributed by atoms with van der Waals surface area (Å²) < 4.78 is 18.4. The second-order valence-electron chi connectivity index (χ2n) is 6.32. The number of anilines is 2. The van der Waals surface area contributed by atoms with E-state index in [1.807, 2.05) is 0 Å². The third-order valence-corrected chi connectivity index (χ3v) is 5.51. The number of hydrogen-bond acceptors (Lipinski definition) is 6. The molecule has 2 aliphatic rings. The third-order valence-electron chi connectivity index (χ3n) is 4.51. The minimum atomic E-state index is -0.427. The van der Waals surface area contributed by atoms with Crippen LogP contribution in [0, 0.1) is 5.82 Å². The minimum absolute atomic E-state index is 0.0400. The smallest absolute Gasteiger partial charge is 0.255 e. The number of nitrogens with one attached hydrogen (secondary N) is 1. The molecule has 9 heteroatoms. The fraction of sp³-hybridized carbons (Fsp3) is 0.412. The molecule has 2 aliphatic heterocycles. The highest BCUT2D eigenvalue weighted by molar-refractivity contribution is 7.15. The fourth-order valence-corrected chi connectivity index (χ4v) is 4.00. The van der Waals surface area contributed by atoms with E-state index >= 15 is 0 Å². The highest BCUT2D eigenvalue weighted by atomic mass is 32.1. The van der Waals surface area contributed by atoms with Crippen LogP contribution < -0.4 is 10.2 Å². The fourth-order valence-electron chi connectivity index (χ4n) is 3.16. The van der Waals surface area contributed by atoms with Crippen LogP contribution in [0.5, 0.6) is 0 Å². The normalized spacial score (nSPS) is 22.8. The number of amides is 2. The van der Waals surface area contributed by atoms with E-state index in [2.05, 4.69) is 15.5 Å². The number of hydrogen-bond donors (Lipinski definition) is 1. The predicted octanol–water partition coefficient (Wildman–Crippen LogP) is 2.32. The maximum absolute atomic E-state index is 13.1. The van der Waals surface area contributed by atoms with Gasteiger partial charge in [-0.25, -0.2) is 4.39 Å². The van der Waals surface area contributed by atoms with Crippen LogP contribution in [0.25, 0.3) is 0 Å². The Morgan fingerprint density at radius 3 is 2.85 bits per heavy atom. The molecule has 1 aromatic heterocycles. The summed E-state index contributed by atoms with van der Waals surface area (Å²) in [6, 6.07) is 5.84. The van der Waals surface area contributed by atoms with E-state index in [0.717, 1.165) is 6.42 Å². The average molecular weight is 376 g/mol. The molecule has 1 N–H and O–H groups in total. The summed E-state index contributed by atoms with van der Waals surface area (Å²) in [5.41, 5.74) is 0.662. The quantitative estimate of drug-likeness (QED) is 0.885. The molecule has 3 heterocycles. The molecule has 2 fully saturated rings. The van der Waals surface area contributed by atoms with Gasteiger partial charge in [-0.15, -0.1) is 10.2 Å². The van der Waals surface area contributed by atoms with Crippen molar-refractivity contribution >= 4 is 34.0 Å². The maximum Gasteiger partial charge on any atom is 0.255 e. The Balaban J connectivity index is 1.42. The van der Waals surface area contributed by atoms with Crippen molar-refractivity contribution in [2.24, 2.45) is 0 Å². The summed E-state index contributed by atoms with van der Waals surface area (Å²) in [4.78, 5) is 26.0. The van der Waals surface area contributed by atoms with Gasteiger partial charge in [-0.2, -0.15) is 0 Å². The number of nitrogens with zero attached hydrogens (tertiary/aromatic N) is 3. The van der Waals surface area contributed by atoms with Gasteiger partial charge >= 0.3 is 0 Å². The van der Waals surface area contributed by atoms with Gasteiger partial charge in [0.15, 0.2) is 0 Å². The summed E-state index contributed by atoms with van der Waals surface area (Å²) in [6.45, 7) is 1.06. The molecule has 2 amide bonds. The van der Waals surface area contributed by atoms with Crippen molar-refractivity contribution in [3.05, 3.63) is 35.1 Å². The van der Waals surface area contributed by atoms with Crippen LogP contribution in [0.2, 0.25) is 0 Å². The van der Waals surface area contributed by atoms with E-state index in [-0.39, 0.29) is 23.5 Å². The lowest BCUT2D eigenvalue weighted by molar-refractivity contribution is -0.124. The van der Waals surface area contributed by atoms with Gasteiger partial charge in [-0.3, -0.25) is 14.9 Å². The van der Waals surface area contributed by atoms with Gasteiger partial charge in [0.1, 0.15) is 16.9 Å². The molecule has 0 spiro atoms. The molecule has 1 aromatic carbocycles. The van der Waals surface area contributed by atoms with E-state index in [4.69, 9.17) is 4.74 Å². The standard InChI is InChI=1S/C17H17FN4O3S/c18-11-3-5-12(6-4-11)22-9-10(8-14(22)23)16-20-21-17(26-16)19-15(24)13-2-1-7-25-13/h3-6,10,13H,1-2,7-9H2,(H,19,21,24)/t10-,13-/m0/s1. The molecule has 136 valence electrons. The number of rotatable bonds is 4. The summed E-state index contributed by atoms with van der Waals surface area (Å²) in [6.07, 6.45) is 1.47. The number of carbonyl (C=O) groups is 2. The summed E-state index contributed by atoms with van der Waals surface area (Å²) in [5, 5.41) is 12.0. The van der Waals surface area contributed by atoms with Crippen molar-refractivity contribution in [3.63, 3.8) is 0 Å². The first-order valence-corrected chi connectivity index (χ1v) is 9.23. The Kier molecular flexibility index (Phi) is 4.64. The molecule has 0 bridgehead atoms. The molecule has 7 nitrogen and oxygen atoms in total. The van der Waals surface area contributed by atoms with Crippen LogP contribution in [-0.2, 0) is 14.3 Å².